The molecule has 1 aromatic rings. The van der Waals surface area contributed by atoms with Gasteiger partial charge in [0, 0.05) is 37.4 Å². The zero-order valence-electron chi connectivity index (χ0n) is 17.0. The number of ether oxygens (including phenoxy) is 2. The van der Waals surface area contributed by atoms with Crippen LogP contribution in [0.2, 0.25) is 5.02 Å². The predicted molar refractivity (Wildman–Crippen MR) is 114 cm³/mol. The lowest BCUT2D eigenvalue weighted by molar-refractivity contribution is -0.134. The fourth-order valence-corrected chi connectivity index (χ4v) is 2.07. The Morgan fingerprint density at radius 3 is 2.20 bits per heavy atom. The van der Waals surface area contributed by atoms with Crippen molar-refractivity contribution < 1.29 is 34.1 Å². The zero-order valence-corrected chi connectivity index (χ0v) is 17.7. The van der Waals surface area contributed by atoms with E-state index in [2.05, 4.69) is 5.16 Å². The summed E-state index contributed by atoms with van der Waals surface area (Å²) in [6, 6.07) is 7.59. The summed E-state index contributed by atoms with van der Waals surface area (Å²) < 4.78 is 10.4. The van der Waals surface area contributed by atoms with Crippen molar-refractivity contribution in [2.24, 2.45) is 10.9 Å². The number of aliphatic carboxylic acids is 2. The number of carboxylic acids is 2. The van der Waals surface area contributed by atoms with Gasteiger partial charge in [0.2, 0.25) is 0 Å². The van der Waals surface area contributed by atoms with Crippen LogP contribution < -0.4 is 5.73 Å². The topological polar surface area (TPSA) is 141 Å². The molecule has 0 saturated carbocycles. The minimum absolute atomic E-state index is 0.414. The molecule has 0 aromatic heterocycles. The summed E-state index contributed by atoms with van der Waals surface area (Å²) in [5.74, 6) is -2.51. The van der Waals surface area contributed by atoms with Gasteiger partial charge in [-0.05, 0) is 37.0 Å². The molecule has 168 valence electrons. The Morgan fingerprint density at radius 1 is 1.03 bits per heavy atom. The SMILES string of the molecule is COCCOCCCCC(=NOCCN)c1ccc(Cl)cc1.O=C(O)C=CC(=O)O. The van der Waals surface area contributed by atoms with Crippen LogP contribution in [0.4, 0.5) is 0 Å². The number of hydrogen-bond acceptors (Lipinski definition) is 7. The second-order valence-corrected chi connectivity index (χ2v) is 6.18. The third kappa shape index (κ3) is 16.5. The van der Waals surface area contributed by atoms with Gasteiger partial charge < -0.3 is 30.3 Å². The van der Waals surface area contributed by atoms with Gasteiger partial charge in [0.25, 0.3) is 0 Å². The van der Waals surface area contributed by atoms with E-state index in [1.165, 1.54) is 0 Å². The second kappa shape index (κ2) is 18.6. The van der Waals surface area contributed by atoms with Crippen LogP contribution in [0, 0.1) is 0 Å². The number of methoxy groups -OCH3 is 1. The Hall–Kier alpha value is -2.46. The molecule has 0 amide bonds. The molecule has 0 unspecified atom stereocenters. The summed E-state index contributed by atoms with van der Waals surface area (Å²) in [5, 5.41) is 20.5. The molecular formula is C20H29ClN2O7. The Labute approximate surface area is 181 Å². The highest BCUT2D eigenvalue weighted by Crippen LogP contribution is 2.13. The molecule has 0 saturated heterocycles. The molecule has 1 rings (SSSR count). The van der Waals surface area contributed by atoms with Crippen LogP contribution in [0.15, 0.2) is 41.6 Å². The van der Waals surface area contributed by atoms with Crippen molar-refractivity contribution in [3.63, 3.8) is 0 Å². The molecule has 0 atom stereocenters. The monoisotopic (exact) mass is 444 g/mol. The lowest BCUT2D eigenvalue weighted by Crippen LogP contribution is -2.09. The van der Waals surface area contributed by atoms with Crippen molar-refractivity contribution in [3.8, 4) is 0 Å². The number of nitrogens with zero attached hydrogens (tertiary/aromatic N) is 1. The van der Waals surface area contributed by atoms with Crippen LogP contribution >= 0.6 is 11.6 Å². The number of hydrogen-bond donors (Lipinski definition) is 3. The van der Waals surface area contributed by atoms with E-state index in [4.69, 9.17) is 41.9 Å². The van der Waals surface area contributed by atoms with E-state index in [-0.39, 0.29) is 0 Å². The molecule has 0 bridgehead atoms. The number of halogens is 1. The zero-order chi connectivity index (χ0) is 22.6. The van der Waals surface area contributed by atoms with Gasteiger partial charge in [-0.15, -0.1) is 0 Å². The van der Waals surface area contributed by atoms with E-state index in [0.717, 1.165) is 37.1 Å². The number of oxime groups is 1. The number of carboxylic acid groups (broad SMARTS) is 2. The highest BCUT2D eigenvalue weighted by Gasteiger charge is 2.05. The normalized spacial score (nSPS) is 11.1. The average Bonchev–Trinajstić information content (AvgIpc) is 2.71. The molecule has 0 radical (unpaired) electrons. The van der Waals surface area contributed by atoms with Gasteiger partial charge in [-0.3, -0.25) is 0 Å². The van der Waals surface area contributed by atoms with Crippen LogP contribution in [-0.4, -0.2) is 67.9 Å². The molecule has 1 aromatic carbocycles. The Balaban J connectivity index is 0.000000890. The summed E-state index contributed by atoms with van der Waals surface area (Å²) in [5.41, 5.74) is 7.33. The van der Waals surface area contributed by atoms with Crippen molar-refractivity contribution in [2.45, 2.75) is 19.3 Å². The molecule has 30 heavy (non-hydrogen) atoms. The Bertz CT molecular complexity index is 648. The maximum absolute atomic E-state index is 9.55. The van der Waals surface area contributed by atoms with Gasteiger partial charge in [0.1, 0.15) is 6.61 Å². The van der Waals surface area contributed by atoms with E-state index in [9.17, 15) is 9.59 Å². The van der Waals surface area contributed by atoms with Crippen molar-refractivity contribution in [1.82, 2.24) is 0 Å². The standard InChI is InChI=1S/C16H25ClN2O3.C4H4O4/c1-20-12-13-21-10-3-2-4-16(19-22-11-9-18)14-5-7-15(17)8-6-14;5-3(6)1-2-4(7)8/h5-8H,2-4,9-13,18H2,1H3;1-2H,(H,5,6)(H,7,8). The number of unbranched alkanes of at least 4 members (excludes halogenated alkanes) is 1. The Kier molecular flexibility index (Phi) is 17.0. The maximum Gasteiger partial charge on any atom is 0.328 e. The fourth-order valence-electron chi connectivity index (χ4n) is 1.94. The van der Waals surface area contributed by atoms with Gasteiger partial charge in [0.05, 0.1) is 18.9 Å². The van der Waals surface area contributed by atoms with E-state index in [0.29, 0.717) is 43.5 Å². The van der Waals surface area contributed by atoms with Crippen LogP contribution in [0.25, 0.3) is 0 Å². The quantitative estimate of drug-likeness (QED) is 0.172. The predicted octanol–water partition coefficient (Wildman–Crippen LogP) is 2.56. The third-order valence-electron chi connectivity index (χ3n) is 3.31. The molecular weight excluding hydrogens is 416 g/mol. The first kappa shape index (κ1) is 27.5. The molecule has 4 N–H and O–H groups in total. The molecule has 0 aliphatic rings. The Morgan fingerprint density at radius 2 is 1.67 bits per heavy atom. The van der Waals surface area contributed by atoms with Gasteiger partial charge >= 0.3 is 11.9 Å². The lowest BCUT2D eigenvalue weighted by atomic mass is 10.1. The van der Waals surface area contributed by atoms with Crippen LogP contribution in [0.3, 0.4) is 0 Å². The number of nitrogens with two attached hydrogens (primary N) is 1. The summed E-state index contributed by atoms with van der Waals surface area (Å²) in [4.78, 5) is 24.3. The lowest BCUT2D eigenvalue weighted by Gasteiger charge is -2.08. The molecule has 0 aliphatic carbocycles. The van der Waals surface area contributed by atoms with E-state index in [1.54, 1.807) is 7.11 Å². The summed E-state index contributed by atoms with van der Waals surface area (Å²) >= 11 is 5.92. The third-order valence-corrected chi connectivity index (χ3v) is 3.57. The average molecular weight is 445 g/mol. The molecule has 0 aliphatic heterocycles. The first-order valence-electron chi connectivity index (χ1n) is 9.26. The summed E-state index contributed by atoms with van der Waals surface area (Å²) in [7, 11) is 1.67. The highest BCUT2D eigenvalue weighted by atomic mass is 35.5. The van der Waals surface area contributed by atoms with Crippen LogP contribution in [0.1, 0.15) is 24.8 Å². The first-order chi connectivity index (χ1) is 14.4. The van der Waals surface area contributed by atoms with Gasteiger partial charge in [0.15, 0.2) is 0 Å². The molecule has 10 heteroatoms. The molecule has 0 fully saturated rings. The van der Waals surface area contributed by atoms with Gasteiger partial charge in [-0.1, -0.05) is 28.9 Å². The van der Waals surface area contributed by atoms with Crippen molar-refractivity contribution >= 4 is 29.3 Å². The maximum atomic E-state index is 9.55. The highest BCUT2D eigenvalue weighted by molar-refractivity contribution is 6.30. The van der Waals surface area contributed by atoms with Crippen molar-refractivity contribution in [3.05, 3.63) is 47.0 Å². The van der Waals surface area contributed by atoms with Crippen molar-refractivity contribution in [1.29, 1.82) is 0 Å². The van der Waals surface area contributed by atoms with Gasteiger partial charge in [-0.2, -0.15) is 0 Å². The largest absolute Gasteiger partial charge is 0.478 e. The van der Waals surface area contributed by atoms with Crippen LogP contribution in [-0.2, 0) is 23.9 Å². The minimum Gasteiger partial charge on any atom is -0.478 e. The molecule has 0 spiro atoms. The number of carbonyl (C=O) groups is 2. The van der Waals surface area contributed by atoms with Crippen molar-refractivity contribution in [2.75, 3.05) is 40.1 Å². The first-order valence-corrected chi connectivity index (χ1v) is 9.64. The minimum atomic E-state index is -1.26. The molecule has 0 heterocycles. The van der Waals surface area contributed by atoms with Gasteiger partial charge in [-0.25, -0.2) is 9.59 Å². The second-order valence-electron chi connectivity index (χ2n) is 5.74. The van der Waals surface area contributed by atoms with Crippen LogP contribution in [0.5, 0.6) is 0 Å². The van der Waals surface area contributed by atoms with E-state index >= 15 is 0 Å². The smallest absolute Gasteiger partial charge is 0.328 e. The van der Waals surface area contributed by atoms with E-state index < -0.39 is 11.9 Å². The molecule has 9 nitrogen and oxygen atoms in total. The number of benzene rings is 1. The summed E-state index contributed by atoms with van der Waals surface area (Å²) in [6.07, 6.45) is 3.87. The van der Waals surface area contributed by atoms with E-state index in [1.807, 2.05) is 24.3 Å². The summed E-state index contributed by atoms with van der Waals surface area (Å²) in [6.45, 7) is 2.85. The fraction of sp³-hybridized carbons (Fsp3) is 0.450. The number of rotatable bonds is 14.